The van der Waals surface area contributed by atoms with E-state index >= 15 is 0 Å². The molecule has 12 heteroatoms. The summed E-state index contributed by atoms with van der Waals surface area (Å²) in [7, 11) is -3.62. The first-order chi connectivity index (χ1) is 17.4. The fourth-order valence-corrected chi connectivity index (χ4v) is 7.76. The van der Waals surface area contributed by atoms with Crippen molar-refractivity contribution in [3.05, 3.63) is 28.3 Å². The molecule has 9 nitrogen and oxygen atoms in total. The average Bonchev–Trinajstić information content (AvgIpc) is 3.30. The third-order valence-electron chi connectivity index (χ3n) is 6.98. The Morgan fingerprint density at radius 2 is 1.76 bits per heavy atom. The molecule has 2 fully saturated rings. The number of phenolic OH excluding ortho intramolecular Hbond substituents is 1. The van der Waals surface area contributed by atoms with E-state index in [1.807, 2.05) is 20.8 Å². The van der Waals surface area contributed by atoms with Crippen LogP contribution >= 0.6 is 11.6 Å². The van der Waals surface area contributed by atoms with Gasteiger partial charge in [0, 0.05) is 48.1 Å². The Balaban J connectivity index is 1.73. The number of amides is 1. The number of piperidine rings is 1. The summed E-state index contributed by atoms with van der Waals surface area (Å²) in [5, 5.41) is 10.6. The summed E-state index contributed by atoms with van der Waals surface area (Å²) in [5.74, 6) is -0.00203. The van der Waals surface area contributed by atoms with E-state index in [0.717, 1.165) is 5.56 Å². The van der Waals surface area contributed by atoms with E-state index in [-0.39, 0.29) is 18.2 Å². The smallest absolute Gasteiger partial charge is 0.410 e. The maximum atomic E-state index is 13.5. The van der Waals surface area contributed by atoms with Gasteiger partial charge in [-0.15, -0.1) is 4.72 Å². The van der Waals surface area contributed by atoms with Crippen LogP contribution in [0.4, 0.5) is 4.79 Å². The van der Waals surface area contributed by atoms with E-state index < -0.39 is 49.1 Å². The summed E-state index contributed by atoms with van der Waals surface area (Å²) < 4.78 is 49.6. The van der Waals surface area contributed by atoms with Crippen molar-refractivity contribution in [2.24, 2.45) is 5.92 Å². The highest BCUT2D eigenvalue weighted by molar-refractivity contribution is 7.90. The van der Waals surface area contributed by atoms with Crippen molar-refractivity contribution in [2.45, 2.75) is 89.4 Å². The predicted octanol–water partition coefficient (Wildman–Crippen LogP) is 4.50. The minimum absolute atomic E-state index is 0.0681. The molecule has 0 spiro atoms. The van der Waals surface area contributed by atoms with Gasteiger partial charge in [-0.2, -0.15) is 0 Å². The first-order valence-electron chi connectivity index (χ1n) is 13.0. The van der Waals surface area contributed by atoms with E-state index in [4.69, 9.17) is 16.3 Å². The van der Waals surface area contributed by atoms with Gasteiger partial charge in [-0.1, -0.05) is 11.6 Å². The maximum absolute atomic E-state index is 13.5. The fourth-order valence-electron chi connectivity index (χ4n) is 4.77. The second-order valence-electron chi connectivity index (χ2n) is 12.3. The first-order valence-corrected chi connectivity index (χ1v) is 16.1. The van der Waals surface area contributed by atoms with E-state index in [1.165, 1.54) is 9.21 Å². The Bertz CT molecular complexity index is 1110. The van der Waals surface area contributed by atoms with Crippen LogP contribution in [0.1, 0.15) is 78.0 Å². The molecule has 0 saturated carbocycles. The molecule has 1 aromatic carbocycles. The molecule has 38 heavy (non-hydrogen) atoms. The Kier molecular flexibility index (Phi) is 9.64. The van der Waals surface area contributed by atoms with Gasteiger partial charge in [0.1, 0.15) is 16.1 Å². The van der Waals surface area contributed by atoms with Gasteiger partial charge in [-0.3, -0.25) is 0 Å². The lowest BCUT2D eigenvalue weighted by Gasteiger charge is -2.38. The average molecular weight is 592 g/mol. The number of aromatic hydroxyl groups is 1. The Morgan fingerprint density at radius 3 is 2.32 bits per heavy atom. The number of halogens is 1. The molecule has 3 atom stereocenters. The van der Waals surface area contributed by atoms with E-state index in [9.17, 15) is 22.9 Å². The van der Waals surface area contributed by atoms with Crippen LogP contribution in [0.2, 0.25) is 5.02 Å². The molecule has 0 bridgehead atoms. The Hall–Kier alpha value is -1.24. The first kappa shape index (κ1) is 31.3. The van der Waals surface area contributed by atoms with Crippen LogP contribution in [0.3, 0.4) is 0 Å². The van der Waals surface area contributed by atoms with Gasteiger partial charge in [0.05, 0.1) is 11.3 Å². The summed E-state index contributed by atoms with van der Waals surface area (Å²) in [6, 6.07) is 2.84. The van der Waals surface area contributed by atoms with Crippen LogP contribution < -0.4 is 4.72 Å². The molecule has 3 rings (SSSR count). The molecule has 1 unspecified atom stereocenters. The third kappa shape index (κ3) is 7.48. The quantitative estimate of drug-likeness (QED) is 0.467. The standard InChI is InChI=1S/C26H42ClN3O6S2/c1-17-14-22(31)20(15-21(17)27)23(28-37(33)26(5,6)7)18-8-12-30(13-9-18)38(34,35)19-10-11-29(16-19)24(32)36-25(2,3)4/h14-15,18-19,23,28,31H,8-13,16H2,1-7H3/t19?,23-,37+/m1/s1. The van der Waals surface area contributed by atoms with Crippen LogP contribution in [-0.4, -0.2) is 75.2 Å². The van der Waals surface area contributed by atoms with Gasteiger partial charge in [-0.25, -0.2) is 17.5 Å². The lowest BCUT2D eigenvalue weighted by Crippen LogP contribution is -2.48. The molecule has 1 aromatic rings. The summed E-state index contributed by atoms with van der Waals surface area (Å²) >= 11 is 4.96. The van der Waals surface area contributed by atoms with Crippen molar-refractivity contribution in [3.63, 3.8) is 0 Å². The summed E-state index contributed by atoms with van der Waals surface area (Å²) in [5.41, 5.74) is 0.651. The molecule has 0 aromatic heterocycles. The number of hydrogen-bond acceptors (Lipinski definition) is 7. The SMILES string of the molecule is Cc1cc(O)c([C@H](N[S@@+]([O-])C(C)(C)C)C2CCN(S(=O)(=O)C3CCN(C(=O)OC(C)(C)C)C3)CC2)cc1Cl. The molecule has 2 N–H and O–H groups in total. The topological polar surface area (TPSA) is 122 Å². The van der Waals surface area contributed by atoms with Gasteiger partial charge in [0.2, 0.25) is 10.0 Å². The molecule has 2 saturated heterocycles. The molecule has 216 valence electrons. The van der Waals surface area contributed by atoms with Gasteiger partial charge in [-0.05, 0) is 91.3 Å². The number of ether oxygens (including phenoxy) is 1. The molecule has 1 amide bonds. The van der Waals surface area contributed by atoms with Crippen molar-refractivity contribution >= 4 is 39.1 Å². The van der Waals surface area contributed by atoms with Gasteiger partial charge in [0.25, 0.3) is 0 Å². The minimum Gasteiger partial charge on any atom is -0.598 e. The molecule has 2 aliphatic heterocycles. The van der Waals surface area contributed by atoms with Crippen LogP contribution in [0, 0.1) is 12.8 Å². The zero-order valence-corrected chi connectivity index (χ0v) is 25.8. The number of phenols is 1. The molecule has 2 aliphatic rings. The van der Waals surface area contributed by atoms with Crippen molar-refractivity contribution < 1.29 is 27.6 Å². The predicted molar refractivity (Wildman–Crippen MR) is 151 cm³/mol. The van der Waals surface area contributed by atoms with E-state index in [0.29, 0.717) is 49.5 Å². The largest absolute Gasteiger partial charge is 0.598 e. The minimum atomic E-state index is -3.62. The van der Waals surface area contributed by atoms with Crippen molar-refractivity contribution in [1.29, 1.82) is 0 Å². The van der Waals surface area contributed by atoms with Crippen LogP contribution in [-0.2, 0) is 26.1 Å². The highest BCUT2D eigenvalue weighted by Gasteiger charge is 2.43. The number of rotatable bonds is 6. The fraction of sp³-hybridized carbons (Fsp3) is 0.731. The molecule has 0 aliphatic carbocycles. The number of carbonyl (C=O) groups excluding carboxylic acids is 1. The summed E-state index contributed by atoms with van der Waals surface area (Å²) in [6.45, 7) is 13.8. The number of likely N-dealkylation sites (tertiary alicyclic amines) is 1. The lowest BCUT2D eigenvalue weighted by molar-refractivity contribution is 0.0295. The maximum Gasteiger partial charge on any atom is 0.410 e. The zero-order valence-electron chi connectivity index (χ0n) is 23.4. The second-order valence-corrected chi connectivity index (χ2v) is 16.9. The van der Waals surface area contributed by atoms with Crippen LogP contribution in [0.15, 0.2) is 12.1 Å². The van der Waals surface area contributed by atoms with Gasteiger partial charge in [0.15, 0.2) is 0 Å². The van der Waals surface area contributed by atoms with Crippen molar-refractivity contribution in [3.8, 4) is 5.75 Å². The molecule has 2 heterocycles. The van der Waals surface area contributed by atoms with E-state index in [2.05, 4.69) is 4.72 Å². The number of hydrogen-bond donors (Lipinski definition) is 2. The number of nitrogens with zero attached hydrogens (tertiary/aromatic N) is 2. The lowest BCUT2D eigenvalue weighted by atomic mass is 9.86. The number of nitrogens with one attached hydrogen (secondary N) is 1. The Labute approximate surface area is 235 Å². The molecular weight excluding hydrogens is 550 g/mol. The molecule has 0 radical (unpaired) electrons. The van der Waals surface area contributed by atoms with Gasteiger partial charge >= 0.3 is 6.09 Å². The van der Waals surface area contributed by atoms with Crippen LogP contribution in [0.5, 0.6) is 5.75 Å². The molecular formula is C26H42ClN3O6S2. The zero-order chi connectivity index (χ0) is 28.6. The van der Waals surface area contributed by atoms with Gasteiger partial charge < -0.3 is 19.3 Å². The summed E-state index contributed by atoms with van der Waals surface area (Å²) in [6.07, 6.45) is 0.912. The normalized spacial score (nSPS) is 21.9. The number of sulfonamides is 1. The monoisotopic (exact) mass is 591 g/mol. The highest BCUT2D eigenvalue weighted by atomic mass is 35.5. The van der Waals surface area contributed by atoms with E-state index in [1.54, 1.807) is 39.8 Å². The number of carbonyl (C=O) groups is 1. The highest BCUT2D eigenvalue weighted by Crippen LogP contribution is 2.39. The van der Waals surface area contributed by atoms with Crippen LogP contribution in [0.25, 0.3) is 0 Å². The number of aryl methyl sites for hydroxylation is 1. The third-order valence-corrected chi connectivity index (χ3v) is 11.3. The Morgan fingerprint density at radius 1 is 1.16 bits per heavy atom. The summed E-state index contributed by atoms with van der Waals surface area (Å²) in [4.78, 5) is 13.9. The van der Waals surface area contributed by atoms with Crippen molar-refractivity contribution in [2.75, 3.05) is 26.2 Å². The van der Waals surface area contributed by atoms with Crippen molar-refractivity contribution in [1.82, 2.24) is 13.9 Å². The number of benzene rings is 1. The second kappa shape index (κ2) is 11.7.